The second kappa shape index (κ2) is 5.28. The molecule has 0 spiro atoms. The largest absolute Gasteiger partial charge is 0.463 e. The molecule has 0 aliphatic heterocycles. The van der Waals surface area contributed by atoms with Gasteiger partial charge in [-0.15, -0.1) is 0 Å². The van der Waals surface area contributed by atoms with Crippen molar-refractivity contribution in [1.29, 1.82) is 0 Å². The molecule has 4 nitrogen and oxygen atoms in total. The Morgan fingerprint density at radius 2 is 1.96 bits per heavy atom. The number of carbonyl (C=O) groups excluding carboxylic acids is 1. The van der Waals surface area contributed by atoms with Gasteiger partial charge in [-0.05, 0) is 37.0 Å². The molecule has 2 amide bonds. The number of urea groups is 1. The molecule has 0 saturated heterocycles. The predicted molar refractivity (Wildman–Crippen MR) is 73.5 cm³/mol. The molecule has 2 bridgehead atoms. The molecule has 126 valence electrons. The normalized spacial score (nSPS) is 28.3. The Kier molecular flexibility index (Phi) is 3.65. The quantitative estimate of drug-likeness (QED) is 0.813. The Bertz CT molecular complexity index is 598. The van der Waals surface area contributed by atoms with E-state index in [4.69, 9.17) is 4.74 Å². The predicted octanol–water partition coefficient (Wildman–Crippen LogP) is 3.28. The van der Waals surface area contributed by atoms with Gasteiger partial charge in [0, 0.05) is 12.1 Å². The number of alkyl halides is 4. The zero-order valence-corrected chi connectivity index (χ0v) is 12.2. The SMILES string of the molecule is O=C(NCc1cccc(OCF)c1)NC12CC(C(F)(F)F)(C1)C2. The standard InChI is InChI=1S/C15H16F4N2O2/c16-9-23-11-3-1-2-10(4-11)5-20-12(22)21-14-6-13(7-14,8-14)15(17,18)19/h1-4H,5-9H2,(H2,20,21,22). The lowest BCUT2D eigenvalue weighted by molar-refractivity contribution is -0.336. The maximum atomic E-state index is 12.7. The first-order valence-corrected chi connectivity index (χ1v) is 7.18. The van der Waals surface area contributed by atoms with E-state index in [1.54, 1.807) is 24.3 Å². The van der Waals surface area contributed by atoms with E-state index in [0.717, 1.165) is 0 Å². The highest BCUT2D eigenvalue weighted by Crippen LogP contribution is 2.73. The molecule has 2 N–H and O–H groups in total. The number of benzene rings is 1. The van der Waals surface area contributed by atoms with Crippen LogP contribution in [0.25, 0.3) is 0 Å². The van der Waals surface area contributed by atoms with Gasteiger partial charge in [-0.3, -0.25) is 0 Å². The maximum absolute atomic E-state index is 12.7. The first-order chi connectivity index (χ1) is 10.8. The van der Waals surface area contributed by atoms with Gasteiger partial charge in [0.2, 0.25) is 6.86 Å². The minimum absolute atomic E-state index is 0.0449. The van der Waals surface area contributed by atoms with Crippen molar-refractivity contribution in [3.05, 3.63) is 29.8 Å². The van der Waals surface area contributed by atoms with Crippen molar-refractivity contribution in [2.75, 3.05) is 6.86 Å². The maximum Gasteiger partial charge on any atom is 0.394 e. The second-order valence-electron chi connectivity index (χ2n) is 6.30. The Hall–Kier alpha value is -1.99. The zero-order chi connectivity index (χ0) is 16.7. The number of ether oxygens (including phenoxy) is 1. The number of hydrogen-bond acceptors (Lipinski definition) is 2. The molecule has 3 aliphatic rings. The molecule has 23 heavy (non-hydrogen) atoms. The molecule has 0 aromatic heterocycles. The van der Waals surface area contributed by atoms with Gasteiger partial charge in [-0.25, -0.2) is 9.18 Å². The molecule has 3 saturated carbocycles. The minimum atomic E-state index is -4.19. The molecule has 1 aromatic rings. The fourth-order valence-corrected chi connectivity index (χ4v) is 3.50. The second-order valence-corrected chi connectivity index (χ2v) is 6.30. The van der Waals surface area contributed by atoms with E-state index >= 15 is 0 Å². The lowest BCUT2D eigenvalue weighted by Gasteiger charge is -2.70. The summed E-state index contributed by atoms with van der Waals surface area (Å²) >= 11 is 0. The average Bonchev–Trinajstić information content (AvgIpc) is 2.38. The molecular weight excluding hydrogens is 316 g/mol. The molecule has 3 fully saturated rings. The topological polar surface area (TPSA) is 50.4 Å². The van der Waals surface area contributed by atoms with Crippen molar-refractivity contribution < 1.29 is 27.1 Å². The van der Waals surface area contributed by atoms with E-state index in [1.807, 2.05) is 0 Å². The van der Waals surface area contributed by atoms with E-state index < -0.39 is 30.0 Å². The van der Waals surface area contributed by atoms with Crippen molar-refractivity contribution >= 4 is 6.03 Å². The first kappa shape index (κ1) is 15.9. The number of halogens is 4. The third kappa shape index (κ3) is 2.82. The zero-order valence-electron chi connectivity index (χ0n) is 12.2. The third-order valence-corrected chi connectivity index (χ3v) is 4.58. The van der Waals surface area contributed by atoms with Crippen molar-refractivity contribution in [1.82, 2.24) is 10.6 Å². The lowest BCUT2D eigenvalue weighted by atomic mass is 9.39. The molecule has 1 aromatic carbocycles. The van der Waals surface area contributed by atoms with Crippen LogP contribution >= 0.6 is 0 Å². The van der Waals surface area contributed by atoms with Crippen LogP contribution in [0.3, 0.4) is 0 Å². The van der Waals surface area contributed by atoms with E-state index in [2.05, 4.69) is 10.6 Å². The van der Waals surface area contributed by atoms with Gasteiger partial charge >= 0.3 is 12.2 Å². The summed E-state index contributed by atoms with van der Waals surface area (Å²) in [6, 6.07) is 6.05. The van der Waals surface area contributed by atoms with Gasteiger partial charge in [0.05, 0.1) is 5.41 Å². The molecule has 4 rings (SSSR count). The van der Waals surface area contributed by atoms with Gasteiger partial charge in [0.15, 0.2) is 0 Å². The summed E-state index contributed by atoms with van der Waals surface area (Å²) in [5.41, 5.74) is -1.59. The summed E-state index contributed by atoms with van der Waals surface area (Å²) in [6.07, 6.45) is -4.33. The highest BCUT2D eigenvalue weighted by molar-refractivity contribution is 5.75. The highest BCUT2D eigenvalue weighted by atomic mass is 19.4. The van der Waals surface area contributed by atoms with Crippen LogP contribution in [-0.4, -0.2) is 24.6 Å². The fraction of sp³-hybridized carbons (Fsp3) is 0.533. The van der Waals surface area contributed by atoms with Crippen LogP contribution in [0.4, 0.5) is 22.4 Å². The molecule has 0 unspecified atom stereocenters. The van der Waals surface area contributed by atoms with Crippen LogP contribution in [0.15, 0.2) is 24.3 Å². The van der Waals surface area contributed by atoms with Gasteiger partial charge < -0.3 is 15.4 Å². The van der Waals surface area contributed by atoms with E-state index in [9.17, 15) is 22.4 Å². The molecule has 8 heteroatoms. The molecule has 0 radical (unpaired) electrons. The number of hydrogen-bond donors (Lipinski definition) is 2. The number of nitrogens with one attached hydrogen (secondary N) is 2. The van der Waals surface area contributed by atoms with E-state index in [1.165, 1.54) is 0 Å². The number of rotatable bonds is 5. The summed E-state index contributed by atoms with van der Waals surface area (Å²) in [5.74, 6) is 0.346. The first-order valence-electron chi connectivity index (χ1n) is 7.18. The smallest absolute Gasteiger partial charge is 0.394 e. The van der Waals surface area contributed by atoms with E-state index in [-0.39, 0.29) is 25.8 Å². The lowest BCUT2D eigenvalue weighted by Crippen LogP contribution is -2.79. The summed E-state index contributed by atoms with van der Waals surface area (Å²) < 4.78 is 55.0. The Labute approximate surface area is 130 Å². The van der Waals surface area contributed by atoms with Crippen LogP contribution in [-0.2, 0) is 6.54 Å². The average molecular weight is 332 g/mol. The van der Waals surface area contributed by atoms with Crippen molar-refractivity contribution in [3.63, 3.8) is 0 Å². The molecular formula is C15H16F4N2O2. The van der Waals surface area contributed by atoms with Crippen LogP contribution in [0, 0.1) is 5.41 Å². The number of carbonyl (C=O) groups is 1. The van der Waals surface area contributed by atoms with Gasteiger partial charge in [0.1, 0.15) is 5.75 Å². The summed E-state index contributed by atoms with van der Waals surface area (Å²) in [4.78, 5) is 11.8. The third-order valence-electron chi connectivity index (χ3n) is 4.58. The van der Waals surface area contributed by atoms with Crippen LogP contribution < -0.4 is 15.4 Å². The summed E-state index contributed by atoms with van der Waals surface area (Å²) in [5, 5.41) is 5.21. The fourth-order valence-electron chi connectivity index (χ4n) is 3.50. The van der Waals surface area contributed by atoms with Gasteiger partial charge in [-0.1, -0.05) is 12.1 Å². The molecule has 0 heterocycles. The van der Waals surface area contributed by atoms with Crippen LogP contribution in [0.1, 0.15) is 24.8 Å². The van der Waals surface area contributed by atoms with Crippen LogP contribution in [0.5, 0.6) is 5.75 Å². The Balaban J connectivity index is 1.46. The number of amides is 2. The van der Waals surface area contributed by atoms with Crippen LogP contribution in [0.2, 0.25) is 0 Å². The van der Waals surface area contributed by atoms with Gasteiger partial charge in [-0.2, -0.15) is 13.2 Å². The Morgan fingerprint density at radius 3 is 2.57 bits per heavy atom. The molecule has 0 atom stereocenters. The van der Waals surface area contributed by atoms with Crippen molar-refractivity contribution in [2.24, 2.45) is 5.41 Å². The van der Waals surface area contributed by atoms with E-state index in [0.29, 0.717) is 11.3 Å². The highest BCUT2D eigenvalue weighted by Gasteiger charge is 2.79. The van der Waals surface area contributed by atoms with Crippen molar-refractivity contribution in [2.45, 2.75) is 37.5 Å². The monoisotopic (exact) mass is 332 g/mol. The Morgan fingerprint density at radius 1 is 1.26 bits per heavy atom. The summed E-state index contributed by atoms with van der Waals surface area (Å²) in [7, 11) is 0. The summed E-state index contributed by atoms with van der Waals surface area (Å²) in [6.45, 7) is -0.767. The molecule has 3 aliphatic carbocycles. The minimum Gasteiger partial charge on any atom is -0.463 e. The van der Waals surface area contributed by atoms with Crippen molar-refractivity contribution in [3.8, 4) is 5.75 Å². The van der Waals surface area contributed by atoms with Gasteiger partial charge in [0.25, 0.3) is 0 Å².